The first-order valence-electron chi connectivity index (χ1n) is 11.6. The maximum absolute atomic E-state index is 2.51. The summed E-state index contributed by atoms with van der Waals surface area (Å²) in [4.78, 5) is 0. The van der Waals surface area contributed by atoms with Crippen molar-refractivity contribution in [2.45, 2.75) is 0 Å². The molecule has 0 bridgehead atoms. The van der Waals surface area contributed by atoms with E-state index < -0.39 is 0 Å². The minimum Gasteiger partial charge on any atom is -0.310 e. The summed E-state index contributed by atoms with van der Waals surface area (Å²) < 4.78 is 5.01. The van der Waals surface area contributed by atoms with E-state index in [9.17, 15) is 0 Å². The molecule has 9 rings (SSSR count). The van der Waals surface area contributed by atoms with Gasteiger partial charge in [0.15, 0.2) is 0 Å². The van der Waals surface area contributed by atoms with Crippen LogP contribution >= 0.6 is 0 Å². The van der Waals surface area contributed by atoms with Gasteiger partial charge in [-0.3, -0.25) is 0 Å². The Kier molecular flexibility index (Phi) is 2.68. The molecule has 33 heavy (non-hydrogen) atoms. The van der Waals surface area contributed by atoms with Crippen molar-refractivity contribution in [1.82, 2.24) is 9.13 Å². The van der Waals surface area contributed by atoms with Gasteiger partial charge in [0.25, 0.3) is 6.71 Å². The number of fused-ring (bicyclic) bond motifs is 10. The first-order valence-corrected chi connectivity index (χ1v) is 11.6. The number of nitrogens with zero attached hydrogens (tertiary/aromatic N) is 2. The van der Waals surface area contributed by atoms with E-state index in [0.29, 0.717) is 0 Å². The molecule has 0 spiro atoms. The molecule has 0 saturated carbocycles. The van der Waals surface area contributed by atoms with Gasteiger partial charge in [-0.05, 0) is 40.7 Å². The van der Waals surface area contributed by atoms with Crippen LogP contribution in [-0.2, 0) is 0 Å². The van der Waals surface area contributed by atoms with Crippen molar-refractivity contribution in [3.05, 3.63) is 103 Å². The number of benzene rings is 5. The predicted molar refractivity (Wildman–Crippen MR) is 140 cm³/mol. The molecule has 0 radical (unpaired) electrons. The smallest absolute Gasteiger partial charge is 0.252 e. The van der Waals surface area contributed by atoms with E-state index in [-0.39, 0.29) is 6.71 Å². The molecule has 5 aromatic carbocycles. The van der Waals surface area contributed by atoms with E-state index in [1.165, 1.54) is 71.4 Å². The molecule has 0 N–H and O–H groups in total. The van der Waals surface area contributed by atoms with E-state index >= 15 is 0 Å². The summed E-state index contributed by atoms with van der Waals surface area (Å²) >= 11 is 0. The first-order chi connectivity index (χ1) is 16.4. The molecule has 0 saturated heterocycles. The maximum atomic E-state index is 2.51. The predicted octanol–water partition coefficient (Wildman–Crippen LogP) is 5.02. The minimum absolute atomic E-state index is 0.234. The number of para-hydroxylation sites is 4. The Morgan fingerprint density at radius 3 is 1.42 bits per heavy atom. The van der Waals surface area contributed by atoms with Gasteiger partial charge in [-0.15, -0.1) is 0 Å². The Morgan fingerprint density at radius 1 is 0.424 bits per heavy atom. The van der Waals surface area contributed by atoms with Gasteiger partial charge in [0.2, 0.25) is 0 Å². The summed E-state index contributed by atoms with van der Waals surface area (Å²) in [5.41, 5.74) is 12.1. The highest BCUT2D eigenvalue weighted by molar-refractivity contribution is 7.00. The lowest BCUT2D eigenvalue weighted by molar-refractivity contribution is 1.14. The van der Waals surface area contributed by atoms with Crippen molar-refractivity contribution in [1.29, 1.82) is 0 Å². The Bertz CT molecular complexity index is 1850. The molecule has 7 aromatic rings. The molecule has 4 heterocycles. The lowest BCUT2D eigenvalue weighted by atomic mass is 9.34. The molecule has 0 fully saturated rings. The zero-order valence-corrected chi connectivity index (χ0v) is 17.8. The van der Waals surface area contributed by atoms with Gasteiger partial charge < -0.3 is 9.13 Å². The fraction of sp³-hybridized carbons (Fsp3) is 0. The largest absolute Gasteiger partial charge is 0.310 e. The highest BCUT2D eigenvalue weighted by atomic mass is 15.0. The number of hydrogen-bond donors (Lipinski definition) is 0. The SMILES string of the molecule is c1cc2c3c(c1)-n1c4ccccc4c4cccc(c41)B3c1cccc3c4ccccc4n-2c13. The fourth-order valence-electron chi connectivity index (χ4n) is 6.76. The van der Waals surface area contributed by atoms with E-state index in [1.54, 1.807) is 0 Å². The van der Waals surface area contributed by atoms with Crippen LogP contribution in [0.4, 0.5) is 0 Å². The third kappa shape index (κ3) is 1.71. The molecule has 0 amide bonds. The van der Waals surface area contributed by atoms with Crippen LogP contribution in [-0.4, -0.2) is 15.8 Å². The van der Waals surface area contributed by atoms with Crippen LogP contribution in [0.1, 0.15) is 0 Å². The van der Waals surface area contributed by atoms with Crippen LogP contribution in [0.5, 0.6) is 0 Å². The average molecular weight is 416 g/mol. The number of aromatic nitrogens is 2. The van der Waals surface area contributed by atoms with E-state index in [4.69, 9.17) is 0 Å². The van der Waals surface area contributed by atoms with Crippen molar-refractivity contribution in [3.8, 4) is 11.4 Å². The standard InChI is InChI=1S/C30H17BN2/c1-3-14-24-18(8-1)20-10-5-12-22-29(20)32(24)26-16-7-17-27-28(26)31(22)23-13-6-11-21-19-9-2-4-15-25(19)33(27)30(21)23/h1-17H. The zero-order valence-electron chi connectivity index (χ0n) is 17.8. The lowest BCUT2D eigenvalue weighted by Crippen LogP contribution is -2.59. The molecular weight excluding hydrogens is 399 g/mol. The van der Waals surface area contributed by atoms with E-state index in [2.05, 4.69) is 112 Å². The molecule has 0 unspecified atom stereocenters. The second kappa shape index (κ2) is 5.39. The number of hydrogen-bond acceptors (Lipinski definition) is 0. The van der Waals surface area contributed by atoms with Gasteiger partial charge >= 0.3 is 0 Å². The first kappa shape index (κ1) is 16.4. The van der Waals surface area contributed by atoms with Gasteiger partial charge in [-0.2, -0.15) is 0 Å². The Balaban J connectivity index is 1.59. The monoisotopic (exact) mass is 416 g/mol. The van der Waals surface area contributed by atoms with Crippen LogP contribution in [0.3, 0.4) is 0 Å². The summed E-state index contributed by atoms with van der Waals surface area (Å²) in [6, 6.07) is 38.3. The topological polar surface area (TPSA) is 9.86 Å². The summed E-state index contributed by atoms with van der Waals surface area (Å²) in [7, 11) is 0. The lowest BCUT2D eigenvalue weighted by Gasteiger charge is -2.33. The molecule has 2 aromatic heterocycles. The van der Waals surface area contributed by atoms with Crippen molar-refractivity contribution >= 4 is 66.7 Å². The molecule has 150 valence electrons. The van der Waals surface area contributed by atoms with E-state index in [1.807, 2.05) is 0 Å². The van der Waals surface area contributed by atoms with Crippen LogP contribution in [0, 0.1) is 0 Å². The highest BCUT2D eigenvalue weighted by Gasteiger charge is 2.40. The van der Waals surface area contributed by atoms with Gasteiger partial charge in [-0.1, -0.05) is 78.9 Å². The molecule has 0 aliphatic carbocycles. The summed E-state index contributed by atoms with van der Waals surface area (Å²) in [6.45, 7) is 0.234. The highest BCUT2D eigenvalue weighted by Crippen LogP contribution is 2.38. The van der Waals surface area contributed by atoms with Gasteiger partial charge in [0, 0.05) is 44.0 Å². The summed E-state index contributed by atoms with van der Waals surface area (Å²) in [5, 5.41) is 5.35. The Labute approximate surface area is 190 Å². The second-order valence-corrected chi connectivity index (χ2v) is 9.33. The van der Waals surface area contributed by atoms with Gasteiger partial charge in [0.1, 0.15) is 0 Å². The van der Waals surface area contributed by atoms with Crippen LogP contribution < -0.4 is 16.4 Å². The van der Waals surface area contributed by atoms with Crippen LogP contribution in [0.2, 0.25) is 0 Å². The molecule has 2 nitrogen and oxygen atoms in total. The van der Waals surface area contributed by atoms with Crippen molar-refractivity contribution in [2.24, 2.45) is 0 Å². The molecule has 3 heteroatoms. The summed E-state index contributed by atoms with van der Waals surface area (Å²) in [6.07, 6.45) is 0. The fourth-order valence-corrected chi connectivity index (χ4v) is 6.76. The third-order valence-electron chi connectivity index (χ3n) is 7.90. The Morgan fingerprint density at radius 2 is 0.879 bits per heavy atom. The molecular formula is C30H17BN2. The molecule has 2 aliphatic heterocycles. The van der Waals surface area contributed by atoms with Crippen LogP contribution in [0.25, 0.3) is 55.0 Å². The minimum atomic E-state index is 0.234. The van der Waals surface area contributed by atoms with Crippen LogP contribution in [0.15, 0.2) is 103 Å². The van der Waals surface area contributed by atoms with Crippen molar-refractivity contribution in [2.75, 3.05) is 0 Å². The molecule has 2 aliphatic rings. The maximum Gasteiger partial charge on any atom is 0.252 e. The van der Waals surface area contributed by atoms with Crippen molar-refractivity contribution < 1.29 is 0 Å². The van der Waals surface area contributed by atoms with Gasteiger partial charge in [-0.25, -0.2) is 0 Å². The second-order valence-electron chi connectivity index (χ2n) is 9.33. The van der Waals surface area contributed by atoms with Crippen molar-refractivity contribution in [3.63, 3.8) is 0 Å². The summed E-state index contributed by atoms with van der Waals surface area (Å²) in [5.74, 6) is 0. The Hall–Kier alpha value is -4.24. The van der Waals surface area contributed by atoms with E-state index in [0.717, 1.165) is 0 Å². The zero-order chi connectivity index (χ0) is 21.3. The molecule has 0 atom stereocenters. The number of rotatable bonds is 0. The third-order valence-corrected chi connectivity index (χ3v) is 7.90. The average Bonchev–Trinajstić information content (AvgIpc) is 3.39. The van der Waals surface area contributed by atoms with Gasteiger partial charge in [0.05, 0.1) is 11.0 Å². The quantitative estimate of drug-likeness (QED) is 0.307. The normalized spacial score (nSPS) is 13.4.